The second-order valence-electron chi connectivity index (χ2n) is 5.75. The van der Waals surface area contributed by atoms with Crippen molar-refractivity contribution in [3.05, 3.63) is 47.8 Å². The highest BCUT2D eigenvalue weighted by atomic mass is 16.5. The molecule has 2 aromatic rings. The van der Waals surface area contributed by atoms with Crippen molar-refractivity contribution in [2.24, 2.45) is 7.05 Å². The van der Waals surface area contributed by atoms with Crippen molar-refractivity contribution in [3.63, 3.8) is 0 Å². The third-order valence-corrected chi connectivity index (χ3v) is 3.83. The van der Waals surface area contributed by atoms with Crippen LogP contribution in [0, 0.1) is 0 Å². The summed E-state index contributed by atoms with van der Waals surface area (Å²) >= 11 is 0. The van der Waals surface area contributed by atoms with Crippen molar-refractivity contribution in [1.82, 2.24) is 15.1 Å². The highest BCUT2D eigenvalue weighted by Crippen LogP contribution is 2.39. The maximum atomic E-state index is 12.1. The Bertz CT molecular complexity index is 647. The molecule has 1 aromatic carbocycles. The Morgan fingerprint density at radius 3 is 2.82 bits per heavy atom. The van der Waals surface area contributed by atoms with Gasteiger partial charge in [0, 0.05) is 18.7 Å². The second-order valence-corrected chi connectivity index (χ2v) is 5.75. The maximum absolute atomic E-state index is 12.1. The number of aromatic nitrogens is 2. The number of hydrogen-bond donors (Lipinski definition) is 1. The molecule has 1 unspecified atom stereocenters. The van der Waals surface area contributed by atoms with Crippen LogP contribution < -0.4 is 10.1 Å². The van der Waals surface area contributed by atoms with Gasteiger partial charge in [0.15, 0.2) is 6.10 Å². The molecule has 22 heavy (non-hydrogen) atoms. The molecular formula is C17H21N3O2. The van der Waals surface area contributed by atoms with Gasteiger partial charge < -0.3 is 10.1 Å². The standard InChI is InChI=1S/C17H21N3O2/c1-12(22-15-6-4-3-5-7-15)17(21)18-11-14-10-16(13-8-9-13)20(2)19-14/h3-7,10,12-13H,8-9,11H2,1-2H3,(H,18,21). The van der Waals surface area contributed by atoms with Crippen molar-refractivity contribution in [2.75, 3.05) is 0 Å². The summed E-state index contributed by atoms with van der Waals surface area (Å²) in [4.78, 5) is 12.1. The largest absolute Gasteiger partial charge is 0.481 e. The fourth-order valence-electron chi connectivity index (χ4n) is 2.47. The molecule has 0 bridgehead atoms. The fourth-order valence-corrected chi connectivity index (χ4v) is 2.47. The average Bonchev–Trinajstić information content (AvgIpc) is 3.29. The first-order chi connectivity index (χ1) is 10.6. The molecule has 0 radical (unpaired) electrons. The molecule has 1 fully saturated rings. The van der Waals surface area contributed by atoms with E-state index in [1.54, 1.807) is 6.92 Å². The summed E-state index contributed by atoms with van der Waals surface area (Å²) in [5, 5.41) is 7.33. The van der Waals surface area contributed by atoms with E-state index in [9.17, 15) is 4.79 Å². The number of nitrogens with zero attached hydrogens (tertiary/aromatic N) is 2. The molecule has 1 heterocycles. The van der Waals surface area contributed by atoms with Gasteiger partial charge in [0.2, 0.25) is 0 Å². The highest BCUT2D eigenvalue weighted by Gasteiger charge is 2.27. The van der Waals surface area contributed by atoms with E-state index in [1.165, 1.54) is 18.5 Å². The molecule has 1 aliphatic carbocycles. The molecule has 1 N–H and O–H groups in total. The van der Waals surface area contributed by atoms with E-state index in [1.807, 2.05) is 42.1 Å². The van der Waals surface area contributed by atoms with E-state index < -0.39 is 6.10 Å². The molecule has 0 saturated heterocycles. The molecule has 1 aliphatic rings. The predicted molar refractivity (Wildman–Crippen MR) is 83.6 cm³/mol. The van der Waals surface area contributed by atoms with Crippen molar-refractivity contribution >= 4 is 5.91 Å². The van der Waals surface area contributed by atoms with Crippen molar-refractivity contribution in [2.45, 2.75) is 38.3 Å². The Balaban J connectivity index is 1.52. The smallest absolute Gasteiger partial charge is 0.261 e. The van der Waals surface area contributed by atoms with Crippen LogP contribution in [0.2, 0.25) is 0 Å². The van der Waals surface area contributed by atoms with Gasteiger partial charge in [-0.3, -0.25) is 9.48 Å². The molecule has 5 nitrogen and oxygen atoms in total. The summed E-state index contributed by atoms with van der Waals surface area (Å²) in [5.41, 5.74) is 2.16. The first kappa shape index (κ1) is 14.6. The number of hydrogen-bond acceptors (Lipinski definition) is 3. The maximum Gasteiger partial charge on any atom is 0.261 e. The zero-order valence-corrected chi connectivity index (χ0v) is 13.0. The molecule has 1 amide bonds. The monoisotopic (exact) mass is 299 g/mol. The lowest BCUT2D eigenvalue weighted by molar-refractivity contribution is -0.127. The summed E-state index contributed by atoms with van der Waals surface area (Å²) in [7, 11) is 1.96. The van der Waals surface area contributed by atoms with E-state index in [0.717, 1.165) is 5.69 Å². The van der Waals surface area contributed by atoms with Gasteiger partial charge in [0.05, 0.1) is 12.2 Å². The lowest BCUT2D eigenvalue weighted by Crippen LogP contribution is -2.36. The van der Waals surface area contributed by atoms with Crippen LogP contribution in [-0.4, -0.2) is 21.8 Å². The Labute approximate surface area is 130 Å². The number of aryl methyl sites for hydroxylation is 1. The number of ether oxygens (including phenoxy) is 1. The summed E-state index contributed by atoms with van der Waals surface area (Å²) in [5.74, 6) is 1.21. The van der Waals surface area contributed by atoms with Crippen LogP contribution in [0.5, 0.6) is 5.75 Å². The molecule has 0 aliphatic heterocycles. The topological polar surface area (TPSA) is 56.1 Å². The third kappa shape index (κ3) is 3.47. The van der Waals surface area contributed by atoms with Gasteiger partial charge in [-0.1, -0.05) is 18.2 Å². The third-order valence-electron chi connectivity index (χ3n) is 3.83. The molecule has 1 saturated carbocycles. The quantitative estimate of drug-likeness (QED) is 0.891. The van der Waals surface area contributed by atoms with Crippen molar-refractivity contribution in [1.29, 1.82) is 0 Å². The minimum absolute atomic E-state index is 0.137. The van der Waals surface area contributed by atoms with Crippen LogP contribution in [-0.2, 0) is 18.4 Å². The Morgan fingerprint density at radius 2 is 2.14 bits per heavy atom. The number of carbonyl (C=O) groups excluding carboxylic acids is 1. The normalized spacial score (nSPS) is 15.4. The lowest BCUT2D eigenvalue weighted by atomic mass is 10.2. The summed E-state index contributed by atoms with van der Waals surface area (Å²) in [6.07, 6.45) is 1.95. The Hall–Kier alpha value is -2.30. The molecule has 1 atom stereocenters. The summed E-state index contributed by atoms with van der Waals surface area (Å²) in [6, 6.07) is 11.4. The highest BCUT2D eigenvalue weighted by molar-refractivity contribution is 5.80. The van der Waals surface area contributed by atoms with Crippen LogP contribution in [0.3, 0.4) is 0 Å². The SMILES string of the molecule is CC(Oc1ccccc1)C(=O)NCc1cc(C2CC2)n(C)n1. The minimum atomic E-state index is -0.533. The molecule has 0 spiro atoms. The van der Waals surface area contributed by atoms with E-state index in [-0.39, 0.29) is 5.91 Å². The van der Waals surface area contributed by atoms with Crippen LogP contribution in [0.15, 0.2) is 36.4 Å². The fraction of sp³-hybridized carbons (Fsp3) is 0.412. The molecular weight excluding hydrogens is 278 g/mol. The Morgan fingerprint density at radius 1 is 1.41 bits per heavy atom. The number of rotatable bonds is 6. The van der Waals surface area contributed by atoms with Crippen LogP contribution >= 0.6 is 0 Å². The van der Waals surface area contributed by atoms with Gasteiger partial charge in [-0.25, -0.2) is 0 Å². The van der Waals surface area contributed by atoms with E-state index in [4.69, 9.17) is 4.74 Å². The summed E-state index contributed by atoms with van der Waals surface area (Å²) in [6.45, 7) is 2.18. The second kappa shape index (κ2) is 6.22. The van der Waals surface area contributed by atoms with Crippen molar-refractivity contribution < 1.29 is 9.53 Å². The van der Waals surface area contributed by atoms with Gasteiger partial charge in [-0.05, 0) is 38.0 Å². The van der Waals surface area contributed by atoms with Crippen LogP contribution in [0.25, 0.3) is 0 Å². The molecule has 5 heteroatoms. The predicted octanol–water partition coefficient (Wildman–Crippen LogP) is 2.38. The zero-order valence-electron chi connectivity index (χ0n) is 13.0. The van der Waals surface area contributed by atoms with Gasteiger partial charge in [0.25, 0.3) is 5.91 Å². The molecule has 1 aromatic heterocycles. The number of para-hydroxylation sites is 1. The van der Waals surface area contributed by atoms with E-state index in [2.05, 4.69) is 16.5 Å². The lowest BCUT2D eigenvalue weighted by Gasteiger charge is -2.14. The van der Waals surface area contributed by atoms with Gasteiger partial charge in [-0.15, -0.1) is 0 Å². The first-order valence-corrected chi connectivity index (χ1v) is 7.65. The number of benzene rings is 1. The van der Waals surface area contributed by atoms with E-state index >= 15 is 0 Å². The van der Waals surface area contributed by atoms with Crippen LogP contribution in [0.1, 0.15) is 37.1 Å². The number of carbonyl (C=O) groups is 1. The van der Waals surface area contributed by atoms with Crippen molar-refractivity contribution in [3.8, 4) is 5.75 Å². The first-order valence-electron chi connectivity index (χ1n) is 7.65. The average molecular weight is 299 g/mol. The minimum Gasteiger partial charge on any atom is -0.481 e. The zero-order chi connectivity index (χ0) is 15.5. The van der Waals surface area contributed by atoms with Gasteiger partial charge >= 0.3 is 0 Å². The number of amides is 1. The molecule has 116 valence electrons. The summed E-state index contributed by atoms with van der Waals surface area (Å²) < 4.78 is 7.52. The van der Waals surface area contributed by atoms with Crippen LogP contribution in [0.4, 0.5) is 0 Å². The van der Waals surface area contributed by atoms with E-state index in [0.29, 0.717) is 18.2 Å². The number of nitrogens with one attached hydrogen (secondary N) is 1. The Kier molecular flexibility index (Phi) is 4.13. The molecule has 3 rings (SSSR count). The van der Waals surface area contributed by atoms with Gasteiger partial charge in [0.1, 0.15) is 5.75 Å². The van der Waals surface area contributed by atoms with Gasteiger partial charge in [-0.2, -0.15) is 5.10 Å².